The molecule has 0 aromatic heterocycles. The van der Waals surface area contributed by atoms with Gasteiger partial charge in [0.25, 0.3) is 0 Å². The Hall–Kier alpha value is -2.97. The van der Waals surface area contributed by atoms with Crippen LogP contribution in [0.3, 0.4) is 0 Å². The van der Waals surface area contributed by atoms with E-state index in [1.165, 1.54) is 6.08 Å². The van der Waals surface area contributed by atoms with Crippen LogP contribution in [-0.2, 0) is 25.7 Å². The summed E-state index contributed by atoms with van der Waals surface area (Å²) in [5.41, 5.74) is -1.46. The number of carboxylic acid groups (broad SMARTS) is 1. The Morgan fingerprint density at radius 1 is 1.25 bits per heavy atom. The summed E-state index contributed by atoms with van der Waals surface area (Å²) >= 11 is 0. The van der Waals surface area contributed by atoms with Crippen molar-refractivity contribution in [2.24, 2.45) is 17.8 Å². The predicted octanol–water partition coefficient (Wildman–Crippen LogP) is 2.40. The van der Waals surface area contributed by atoms with Gasteiger partial charge in [-0.1, -0.05) is 12.7 Å². The standard InChI is InChI=1S/C19H19F2NO6/c1-2-5-27-18(26)22-19(4-3-13-14(15(13)19)16(23)24)17(25)28-9-10-6-11(20)8-12(21)7-10/h2,6-8,13-15H,1,3-5,9H2,(H,22,26)(H,23,24). The molecule has 28 heavy (non-hydrogen) atoms. The van der Waals surface area contributed by atoms with Crippen LogP contribution < -0.4 is 5.32 Å². The number of halogens is 2. The maximum Gasteiger partial charge on any atom is 0.408 e. The quantitative estimate of drug-likeness (QED) is 0.543. The third-order valence-corrected chi connectivity index (χ3v) is 5.21. The molecule has 1 aromatic carbocycles. The maximum atomic E-state index is 13.3. The van der Waals surface area contributed by atoms with Gasteiger partial charge in [-0.05, 0) is 36.5 Å². The third kappa shape index (κ3) is 3.69. The third-order valence-electron chi connectivity index (χ3n) is 5.21. The Balaban J connectivity index is 1.76. The first kappa shape index (κ1) is 19.8. The molecule has 7 nitrogen and oxygen atoms in total. The first-order valence-corrected chi connectivity index (χ1v) is 8.69. The number of carbonyl (C=O) groups excluding carboxylic acids is 2. The highest BCUT2D eigenvalue weighted by Gasteiger charge is 2.72. The van der Waals surface area contributed by atoms with Gasteiger partial charge in [-0.15, -0.1) is 0 Å². The lowest BCUT2D eigenvalue weighted by atomic mass is 9.90. The molecule has 1 amide bonds. The number of aliphatic carboxylic acids is 1. The Kier molecular flexibility index (Phi) is 5.35. The van der Waals surface area contributed by atoms with Gasteiger partial charge in [-0.3, -0.25) is 4.79 Å². The van der Waals surface area contributed by atoms with Gasteiger partial charge < -0.3 is 19.9 Å². The number of hydrogen-bond donors (Lipinski definition) is 2. The first-order chi connectivity index (χ1) is 13.3. The highest BCUT2D eigenvalue weighted by Crippen LogP contribution is 2.62. The van der Waals surface area contributed by atoms with Crippen LogP contribution in [0.2, 0.25) is 0 Å². The highest BCUT2D eigenvalue weighted by atomic mass is 19.1. The summed E-state index contributed by atoms with van der Waals surface area (Å²) in [5, 5.41) is 11.8. The van der Waals surface area contributed by atoms with Crippen molar-refractivity contribution < 1.29 is 37.7 Å². The van der Waals surface area contributed by atoms with E-state index in [-0.39, 0.29) is 24.5 Å². The number of rotatable bonds is 7. The molecule has 2 aliphatic rings. The maximum absolute atomic E-state index is 13.3. The smallest absolute Gasteiger partial charge is 0.408 e. The van der Waals surface area contributed by atoms with Crippen molar-refractivity contribution in [1.82, 2.24) is 5.32 Å². The summed E-state index contributed by atoms with van der Waals surface area (Å²) in [4.78, 5) is 36.3. The first-order valence-electron chi connectivity index (χ1n) is 8.69. The molecule has 150 valence electrons. The van der Waals surface area contributed by atoms with Gasteiger partial charge in [0.15, 0.2) is 0 Å². The minimum Gasteiger partial charge on any atom is -0.481 e. The molecule has 0 aliphatic heterocycles. The normalized spacial score (nSPS) is 27.4. The molecule has 0 spiro atoms. The fourth-order valence-corrected chi connectivity index (χ4v) is 4.06. The number of esters is 1. The van der Waals surface area contributed by atoms with Crippen molar-refractivity contribution in [1.29, 1.82) is 0 Å². The lowest BCUT2D eigenvalue weighted by Gasteiger charge is -2.30. The second-order valence-corrected chi connectivity index (χ2v) is 6.93. The summed E-state index contributed by atoms with van der Waals surface area (Å²) in [6.07, 6.45) is 1.06. The minimum absolute atomic E-state index is 0.0873. The van der Waals surface area contributed by atoms with E-state index in [1.54, 1.807) is 0 Å². The molecule has 1 aromatic rings. The van der Waals surface area contributed by atoms with E-state index in [4.69, 9.17) is 9.47 Å². The molecule has 3 rings (SSSR count). The SMILES string of the molecule is C=CCOC(=O)NC1(C(=O)OCc2cc(F)cc(F)c2)CCC2C(C(=O)O)C21. The van der Waals surface area contributed by atoms with E-state index in [9.17, 15) is 28.3 Å². The lowest BCUT2D eigenvalue weighted by molar-refractivity contribution is -0.154. The van der Waals surface area contributed by atoms with E-state index < -0.39 is 53.6 Å². The molecule has 2 aliphatic carbocycles. The van der Waals surface area contributed by atoms with Crippen LogP contribution in [0, 0.1) is 29.4 Å². The number of nitrogens with one attached hydrogen (secondary N) is 1. The molecule has 0 bridgehead atoms. The summed E-state index contributed by atoms with van der Waals surface area (Å²) in [5.74, 6) is -5.20. The molecule has 2 saturated carbocycles. The van der Waals surface area contributed by atoms with E-state index in [2.05, 4.69) is 11.9 Å². The number of carbonyl (C=O) groups is 3. The number of hydrogen-bond acceptors (Lipinski definition) is 5. The Morgan fingerprint density at radius 2 is 1.93 bits per heavy atom. The van der Waals surface area contributed by atoms with Gasteiger partial charge in [0.05, 0.1) is 5.92 Å². The predicted molar refractivity (Wildman–Crippen MR) is 90.9 cm³/mol. The van der Waals surface area contributed by atoms with Gasteiger partial charge in [0, 0.05) is 12.0 Å². The molecule has 0 radical (unpaired) electrons. The monoisotopic (exact) mass is 395 g/mol. The minimum atomic E-state index is -1.56. The zero-order valence-electron chi connectivity index (χ0n) is 14.8. The van der Waals surface area contributed by atoms with Crippen LogP contribution in [-0.4, -0.2) is 35.3 Å². The average Bonchev–Trinajstić information content (AvgIpc) is 3.26. The van der Waals surface area contributed by atoms with Crippen molar-refractivity contribution in [3.63, 3.8) is 0 Å². The molecule has 4 unspecified atom stereocenters. The number of benzene rings is 1. The second-order valence-electron chi connectivity index (χ2n) is 6.93. The van der Waals surface area contributed by atoms with E-state index in [0.717, 1.165) is 12.1 Å². The number of fused-ring (bicyclic) bond motifs is 1. The van der Waals surface area contributed by atoms with Gasteiger partial charge in [0.1, 0.15) is 30.4 Å². The molecule has 9 heteroatoms. The van der Waals surface area contributed by atoms with E-state index in [1.807, 2.05) is 0 Å². The molecule has 0 saturated heterocycles. The van der Waals surface area contributed by atoms with Crippen molar-refractivity contribution in [3.8, 4) is 0 Å². The number of carboxylic acids is 1. The Morgan fingerprint density at radius 3 is 2.50 bits per heavy atom. The molecule has 2 fully saturated rings. The summed E-state index contributed by atoms with van der Waals surface area (Å²) in [7, 11) is 0. The van der Waals surface area contributed by atoms with Crippen LogP contribution in [0.5, 0.6) is 0 Å². The molecule has 0 heterocycles. The highest BCUT2D eigenvalue weighted by molar-refractivity contribution is 5.90. The van der Waals surface area contributed by atoms with Crippen LogP contribution in [0.1, 0.15) is 18.4 Å². The largest absolute Gasteiger partial charge is 0.481 e. The summed E-state index contributed by atoms with van der Waals surface area (Å²) < 4.78 is 36.7. The van der Waals surface area contributed by atoms with Crippen molar-refractivity contribution in [2.75, 3.05) is 6.61 Å². The van der Waals surface area contributed by atoms with Crippen LogP contribution in [0.15, 0.2) is 30.9 Å². The average molecular weight is 395 g/mol. The van der Waals surface area contributed by atoms with Gasteiger partial charge in [-0.2, -0.15) is 0 Å². The van der Waals surface area contributed by atoms with Crippen molar-refractivity contribution >= 4 is 18.0 Å². The molecule has 2 N–H and O–H groups in total. The molecular weight excluding hydrogens is 376 g/mol. The van der Waals surface area contributed by atoms with Crippen LogP contribution in [0.4, 0.5) is 13.6 Å². The summed E-state index contributed by atoms with van der Waals surface area (Å²) in [6, 6.07) is 2.72. The van der Waals surface area contributed by atoms with Crippen LogP contribution in [0.25, 0.3) is 0 Å². The molecule has 4 atom stereocenters. The zero-order chi connectivity index (χ0) is 20.5. The lowest BCUT2D eigenvalue weighted by Crippen LogP contribution is -2.56. The fourth-order valence-electron chi connectivity index (χ4n) is 4.06. The zero-order valence-corrected chi connectivity index (χ0v) is 14.8. The van der Waals surface area contributed by atoms with Crippen molar-refractivity contribution in [3.05, 3.63) is 48.1 Å². The topological polar surface area (TPSA) is 102 Å². The van der Waals surface area contributed by atoms with Gasteiger partial charge in [-0.25, -0.2) is 18.4 Å². The number of amides is 1. The van der Waals surface area contributed by atoms with Gasteiger partial charge in [0.2, 0.25) is 0 Å². The van der Waals surface area contributed by atoms with E-state index in [0.29, 0.717) is 12.5 Å². The number of alkyl carbamates (subject to hydrolysis) is 1. The number of ether oxygens (including phenoxy) is 2. The van der Waals surface area contributed by atoms with Crippen molar-refractivity contribution in [2.45, 2.75) is 25.0 Å². The Labute approximate surface area is 159 Å². The Bertz CT molecular complexity index is 808. The second kappa shape index (κ2) is 7.57. The van der Waals surface area contributed by atoms with Gasteiger partial charge >= 0.3 is 18.0 Å². The van der Waals surface area contributed by atoms with Crippen LogP contribution >= 0.6 is 0 Å². The van der Waals surface area contributed by atoms with E-state index >= 15 is 0 Å². The fraction of sp³-hybridized carbons (Fsp3) is 0.421. The summed E-state index contributed by atoms with van der Waals surface area (Å²) in [6.45, 7) is 2.91. The molecular formula is C19H19F2NO6.